The molecule has 0 atom stereocenters. The molecule has 8 nitrogen and oxygen atoms in total. The lowest BCUT2D eigenvalue weighted by molar-refractivity contribution is -0.386. The van der Waals surface area contributed by atoms with E-state index in [2.05, 4.69) is 5.10 Å². The van der Waals surface area contributed by atoms with Crippen molar-refractivity contribution < 1.29 is 19.6 Å². The van der Waals surface area contributed by atoms with E-state index in [1.54, 1.807) is 0 Å². The summed E-state index contributed by atoms with van der Waals surface area (Å²) in [6, 6.07) is 5.69. The van der Waals surface area contributed by atoms with Gasteiger partial charge in [0, 0.05) is 7.05 Å². The summed E-state index contributed by atoms with van der Waals surface area (Å²) < 4.78 is 6.65. The minimum atomic E-state index is -1.11. The van der Waals surface area contributed by atoms with Crippen molar-refractivity contribution in [2.24, 2.45) is 7.05 Å². The number of carboxylic acids is 1. The zero-order valence-electron chi connectivity index (χ0n) is 10.7. The van der Waals surface area contributed by atoms with Gasteiger partial charge in [0.25, 0.3) is 5.88 Å². The van der Waals surface area contributed by atoms with Gasteiger partial charge in [-0.2, -0.15) is 5.10 Å². The second kappa shape index (κ2) is 5.00. The molecule has 0 radical (unpaired) electrons. The molecule has 20 heavy (non-hydrogen) atoms. The van der Waals surface area contributed by atoms with Crippen molar-refractivity contribution in [3.8, 4) is 11.6 Å². The molecule has 0 aliphatic rings. The van der Waals surface area contributed by atoms with Crippen LogP contribution in [-0.4, -0.2) is 25.8 Å². The predicted molar refractivity (Wildman–Crippen MR) is 68.1 cm³/mol. The fraction of sp³-hybridized carbons (Fsp3) is 0.167. The van der Waals surface area contributed by atoms with Gasteiger partial charge in [0.2, 0.25) is 0 Å². The summed E-state index contributed by atoms with van der Waals surface area (Å²) in [5, 5.41) is 23.8. The number of aryl methyl sites for hydroxylation is 2. The van der Waals surface area contributed by atoms with E-state index < -0.39 is 10.9 Å². The van der Waals surface area contributed by atoms with Crippen LogP contribution in [0, 0.1) is 17.0 Å². The van der Waals surface area contributed by atoms with Crippen molar-refractivity contribution in [1.82, 2.24) is 9.78 Å². The lowest BCUT2D eigenvalue weighted by atomic mass is 10.2. The molecule has 0 amide bonds. The number of carboxylic acid groups (broad SMARTS) is 1. The van der Waals surface area contributed by atoms with Gasteiger partial charge in [0.15, 0.2) is 0 Å². The molecule has 0 saturated heterocycles. The molecular weight excluding hydrogens is 266 g/mol. The van der Waals surface area contributed by atoms with Crippen LogP contribution in [0.25, 0.3) is 0 Å². The molecule has 0 fully saturated rings. The first-order valence-corrected chi connectivity index (χ1v) is 5.59. The van der Waals surface area contributed by atoms with Crippen LogP contribution >= 0.6 is 0 Å². The highest BCUT2D eigenvalue weighted by Crippen LogP contribution is 2.33. The lowest BCUT2D eigenvalue weighted by Gasteiger charge is -2.05. The maximum absolute atomic E-state index is 11.0. The highest BCUT2D eigenvalue weighted by Gasteiger charge is 2.26. The topological polar surface area (TPSA) is 107 Å². The molecule has 0 unspecified atom stereocenters. The molecule has 1 N–H and O–H groups in total. The standard InChI is InChI=1S/C12H11N3O5/c1-7-10(15(18)19)11(14(2)13-7)20-9-5-3-4-8(6-9)12(16)17/h3-6H,1-2H3,(H,16,17). The van der Waals surface area contributed by atoms with E-state index in [9.17, 15) is 14.9 Å². The van der Waals surface area contributed by atoms with E-state index in [-0.39, 0.29) is 28.6 Å². The normalized spacial score (nSPS) is 10.3. The molecule has 0 spiro atoms. The van der Waals surface area contributed by atoms with Crippen LogP contribution < -0.4 is 4.74 Å². The van der Waals surface area contributed by atoms with E-state index in [1.165, 1.54) is 42.9 Å². The molecule has 1 aromatic carbocycles. The third-order valence-electron chi connectivity index (χ3n) is 2.62. The summed E-state index contributed by atoms with van der Waals surface area (Å²) >= 11 is 0. The third-order valence-corrected chi connectivity index (χ3v) is 2.62. The van der Waals surface area contributed by atoms with Crippen LogP contribution in [0.4, 0.5) is 5.69 Å². The van der Waals surface area contributed by atoms with Crippen molar-refractivity contribution in [2.75, 3.05) is 0 Å². The summed E-state index contributed by atoms with van der Waals surface area (Å²) in [6.45, 7) is 1.50. The van der Waals surface area contributed by atoms with Gasteiger partial charge >= 0.3 is 11.7 Å². The highest BCUT2D eigenvalue weighted by molar-refractivity contribution is 5.88. The molecule has 0 aliphatic heterocycles. The van der Waals surface area contributed by atoms with E-state index in [0.717, 1.165) is 0 Å². The Hall–Kier alpha value is -2.90. The minimum absolute atomic E-state index is 0.0315. The second-order valence-corrected chi connectivity index (χ2v) is 4.05. The predicted octanol–water partition coefficient (Wildman–Crippen LogP) is 2.13. The van der Waals surface area contributed by atoms with Crippen LogP contribution in [-0.2, 0) is 7.05 Å². The molecule has 8 heteroatoms. The van der Waals surface area contributed by atoms with E-state index in [0.29, 0.717) is 0 Å². The molecule has 0 bridgehead atoms. The Balaban J connectivity index is 2.42. The van der Waals surface area contributed by atoms with Crippen molar-refractivity contribution in [1.29, 1.82) is 0 Å². The summed E-state index contributed by atoms with van der Waals surface area (Å²) in [6.07, 6.45) is 0. The summed E-state index contributed by atoms with van der Waals surface area (Å²) in [5.74, 6) is -0.961. The van der Waals surface area contributed by atoms with Crippen molar-refractivity contribution in [3.63, 3.8) is 0 Å². The largest absolute Gasteiger partial charge is 0.478 e. The monoisotopic (exact) mass is 277 g/mol. The Morgan fingerprint density at radius 2 is 2.20 bits per heavy atom. The minimum Gasteiger partial charge on any atom is -0.478 e. The Morgan fingerprint density at radius 3 is 2.80 bits per heavy atom. The lowest BCUT2D eigenvalue weighted by Crippen LogP contribution is -1.99. The van der Waals surface area contributed by atoms with E-state index in [4.69, 9.17) is 9.84 Å². The Kier molecular flexibility index (Phi) is 3.38. The molecule has 1 aromatic heterocycles. The molecule has 2 aromatic rings. The fourth-order valence-electron chi connectivity index (χ4n) is 1.75. The smallest absolute Gasteiger partial charge is 0.353 e. The first-order chi connectivity index (χ1) is 9.40. The van der Waals surface area contributed by atoms with Crippen LogP contribution in [0.3, 0.4) is 0 Å². The van der Waals surface area contributed by atoms with Gasteiger partial charge in [-0.3, -0.25) is 10.1 Å². The molecular formula is C12H11N3O5. The maximum Gasteiger partial charge on any atom is 0.353 e. The number of aromatic carboxylic acids is 1. The average Bonchev–Trinajstić information content (AvgIpc) is 2.64. The highest BCUT2D eigenvalue weighted by atomic mass is 16.6. The van der Waals surface area contributed by atoms with Crippen molar-refractivity contribution >= 4 is 11.7 Å². The number of ether oxygens (including phenoxy) is 1. The summed E-state index contributed by atoms with van der Waals surface area (Å²) in [5.41, 5.74) is 0.0131. The zero-order valence-corrected chi connectivity index (χ0v) is 10.7. The third kappa shape index (κ3) is 2.44. The number of benzene rings is 1. The number of hydrogen-bond donors (Lipinski definition) is 1. The van der Waals surface area contributed by atoms with Crippen molar-refractivity contribution in [3.05, 3.63) is 45.6 Å². The Morgan fingerprint density at radius 1 is 1.50 bits per heavy atom. The van der Waals surface area contributed by atoms with Gasteiger partial charge in [-0.05, 0) is 25.1 Å². The summed E-state index contributed by atoms with van der Waals surface area (Å²) in [7, 11) is 1.51. The fourth-order valence-corrected chi connectivity index (χ4v) is 1.75. The number of hydrogen-bond acceptors (Lipinski definition) is 5. The second-order valence-electron chi connectivity index (χ2n) is 4.05. The van der Waals surface area contributed by atoms with Gasteiger partial charge in [-0.1, -0.05) is 6.07 Å². The number of nitrogens with zero attached hydrogens (tertiary/aromatic N) is 3. The zero-order chi connectivity index (χ0) is 14.9. The molecule has 2 rings (SSSR count). The quantitative estimate of drug-likeness (QED) is 0.677. The number of nitro groups is 1. The number of carbonyl (C=O) groups is 1. The SMILES string of the molecule is Cc1nn(C)c(Oc2cccc(C(=O)O)c2)c1[N+](=O)[O-]. The molecule has 104 valence electrons. The maximum atomic E-state index is 11.0. The first-order valence-electron chi connectivity index (χ1n) is 5.59. The Labute approximate surface area is 113 Å². The van der Waals surface area contributed by atoms with Crippen LogP contribution in [0.2, 0.25) is 0 Å². The average molecular weight is 277 g/mol. The number of rotatable bonds is 4. The van der Waals surface area contributed by atoms with Crippen molar-refractivity contribution in [2.45, 2.75) is 6.92 Å². The van der Waals surface area contributed by atoms with E-state index in [1.807, 2.05) is 0 Å². The van der Waals surface area contributed by atoms with Gasteiger partial charge in [0.05, 0.1) is 10.5 Å². The molecule has 0 aliphatic carbocycles. The van der Waals surface area contributed by atoms with Crippen LogP contribution in [0.1, 0.15) is 16.1 Å². The van der Waals surface area contributed by atoms with Gasteiger partial charge in [0.1, 0.15) is 11.4 Å². The Bertz CT molecular complexity index is 692. The van der Waals surface area contributed by atoms with Gasteiger partial charge in [-0.15, -0.1) is 0 Å². The van der Waals surface area contributed by atoms with Gasteiger partial charge < -0.3 is 9.84 Å². The van der Waals surface area contributed by atoms with Crippen LogP contribution in [0.15, 0.2) is 24.3 Å². The van der Waals surface area contributed by atoms with E-state index >= 15 is 0 Å². The molecule has 0 saturated carbocycles. The molecule has 1 heterocycles. The van der Waals surface area contributed by atoms with Crippen LogP contribution in [0.5, 0.6) is 11.6 Å². The number of aromatic nitrogens is 2. The first kappa shape index (κ1) is 13.5. The summed E-state index contributed by atoms with van der Waals surface area (Å²) in [4.78, 5) is 21.3. The van der Waals surface area contributed by atoms with Gasteiger partial charge in [-0.25, -0.2) is 9.48 Å².